The number of nitro groups is 1. The summed E-state index contributed by atoms with van der Waals surface area (Å²) < 4.78 is 0. The van der Waals surface area contributed by atoms with Crippen LogP contribution in [0.15, 0.2) is 23.0 Å². The molecule has 0 radical (unpaired) electrons. The molecule has 19 heavy (non-hydrogen) atoms. The van der Waals surface area contributed by atoms with Crippen molar-refractivity contribution in [3.8, 4) is 0 Å². The highest BCUT2D eigenvalue weighted by Gasteiger charge is 2.19. The molecule has 0 aliphatic carbocycles. The van der Waals surface area contributed by atoms with E-state index in [9.17, 15) is 10.1 Å². The number of aromatic nitrogens is 2. The summed E-state index contributed by atoms with van der Waals surface area (Å²) in [7, 11) is 1.66. The molecule has 0 aliphatic heterocycles. The summed E-state index contributed by atoms with van der Waals surface area (Å²) in [6.07, 6.45) is 1.20. The lowest BCUT2D eigenvalue weighted by molar-refractivity contribution is -0.384. The van der Waals surface area contributed by atoms with Crippen molar-refractivity contribution in [1.29, 1.82) is 0 Å². The third-order valence-electron chi connectivity index (χ3n) is 2.59. The van der Waals surface area contributed by atoms with Crippen LogP contribution in [0, 0.1) is 10.1 Å². The second-order valence-electron chi connectivity index (χ2n) is 3.86. The third-order valence-corrected chi connectivity index (χ3v) is 3.29. The average Bonchev–Trinajstić information content (AvgIpc) is 2.92. The van der Waals surface area contributed by atoms with Crippen LogP contribution in [0.3, 0.4) is 0 Å². The molecule has 2 N–H and O–H groups in total. The van der Waals surface area contributed by atoms with Crippen LogP contribution < -0.4 is 10.6 Å². The maximum absolute atomic E-state index is 11.0. The molecule has 2 aromatic rings. The molecule has 0 fully saturated rings. The van der Waals surface area contributed by atoms with Crippen LogP contribution in [0.25, 0.3) is 0 Å². The molecule has 0 aliphatic rings. The van der Waals surface area contributed by atoms with Gasteiger partial charge in [-0.05, 0) is 29.3 Å². The Balaban J connectivity index is 2.29. The van der Waals surface area contributed by atoms with Gasteiger partial charge in [0.15, 0.2) is 0 Å². The molecule has 0 bridgehead atoms. The second kappa shape index (κ2) is 5.61. The molecule has 1 atom stereocenters. The van der Waals surface area contributed by atoms with Crippen molar-refractivity contribution >= 4 is 28.8 Å². The summed E-state index contributed by atoms with van der Waals surface area (Å²) >= 11 is 1.58. The minimum absolute atomic E-state index is 0.0652. The monoisotopic (exact) mass is 279 g/mol. The first-order valence-corrected chi connectivity index (χ1v) is 6.54. The van der Waals surface area contributed by atoms with Gasteiger partial charge in [-0.1, -0.05) is 0 Å². The van der Waals surface area contributed by atoms with Gasteiger partial charge in [0, 0.05) is 7.05 Å². The van der Waals surface area contributed by atoms with Crippen molar-refractivity contribution in [3.05, 3.63) is 38.7 Å². The topological polar surface area (TPSA) is 93.0 Å². The fourth-order valence-electron chi connectivity index (χ4n) is 1.55. The van der Waals surface area contributed by atoms with Gasteiger partial charge in [-0.15, -0.1) is 0 Å². The standard InChI is InChI=1S/C11H13N5O2S/c1-7(8-3-4-19-6-8)14-10-9(16(17)18)5-13-11(12-2)15-10/h3-7H,1-2H3,(H2,12,13,14,15). The molecule has 0 spiro atoms. The fourth-order valence-corrected chi connectivity index (χ4v) is 2.30. The fraction of sp³-hybridized carbons (Fsp3) is 0.273. The molecule has 0 saturated carbocycles. The normalized spacial score (nSPS) is 11.9. The van der Waals surface area contributed by atoms with Crippen molar-refractivity contribution in [2.75, 3.05) is 17.7 Å². The van der Waals surface area contributed by atoms with E-state index < -0.39 is 4.92 Å². The van der Waals surface area contributed by atoms with Crippen molar-refractivity contribution in [3.63, 3.8) is 0 Å². The molecule has 0 amide bonds. The molecule has 0 saturated heterocycles. The minimum Gasteiger partial charge on any atom is -0.358 e. The van der Waals surface area contributed by atoms with Crippen LogP contribution >= 0.6 is 11.3 Å². The first kappa shape index (κ1) is 13.2. The zero-order chi connectivity index (χ0) is 13.8. The molecule has 2 rings (SSSR count). The zero-order valence-corrected chi connectivity index (χ0v) is 11.3. The Labute approximate surface area is 113 Å². The highest BCUT2D eigenvalue weighted by Crippen LogP contribution is 2.27. The Morgan fingerprint density at radius 3 is 2.89 bits per heavy atom. The Hall–Kier alpha value is -2.22. The quantitative estimate of drug-likeness (QED) is 0.645. The molecule has 2 heterocycles. The minimum atomic E-state index is -0.498. The predicted molar refractivity (Wildman–Crippen MR) is 74.6 cm³/mol. The average molecular weight is 279 g/mol. The summed E-state index contributed by atoms with van der Waals surface area (Å²) in [6.45, 7) is 1.92. The molecular formula is C11H13N5O2S. The van der Waals surface area contributed by atoms with E-state index in [4.69, 9.17) is 0 Å². The van der Waals surface area contributed by atoms with Crippen LogP contribution in [-0.2, 0) is 0 Å². The van der Waals surface area contributed by atoms with Crippen molar-refractivity contribution < 1.29 is 4.92 Å². The van der Waals surface area contributed by atoms with Gasteiger partial charge in [0.1, 0.15) is 6.20 Å². The van der Waals surface area contributed by atoms with Crippen LogP contribution in [0.2, 0.25) is 0 Å². The number of rotatable bonds is 5. The highest BCUT2D eigenvalue weighted by atomic mass is 32.1. The zero-order valence-electron chi connectivity index (χ0n) is 10.5. The lowest BCUT2D eigenvalue weighted by atomic mass is 10.2. The summed E-state index contributed by atoms with van der Waals surface area (Å²) in [5.41, 5.74) is 0.921. The van der Waals surface area contributed by atoms with Gasteiger partial charge < -0.3 is 10.6 Å². The van der Waals surface area contributed by atoms with Gasteiger partial charge in [-0.25, -0.2) is 4.98 Å². The second-order valence-corrected chi connectivity index (χ2v) is 4.64. The Morgan fingerprint density at radius 1 is 1.53 bits per heavy atom. The highest BCUT2D eigenvalue weighted by molar-refractivity contribution is 7.07. The van der Waals surface area contributed by atoms with E-state index in [1.54, 1.807) is 18.4 Å². The Bertz CT molecular complexity index is 572. The maximum atomic E-state index is 11.0. The lowest BCUT2D eigenvalue weighted by Crippen LogP contribution is -2.11. The number of hydrogen-bond donors (Lipinski definition) is 2. The molecule has 2 aromatic heterocycles. The van der Waals surface area contributed by atoms with E-state index in [0.29, 0.717) is 5.95 Å². The summed E-state index contributed by atoms with van der Waals surface area (Å²) in [5.74, 6) is 0.550. The first-order valence-electron chi connectivity index (χ1n) is 5.59. The Kier molecular flexibility index (Phi) is 3.91. The number of anilines is 2. The summed E-state index contributed by atoms with van der Waals surface area (Å²) in [5, 5.41) is 20.7. The molecule has 0 aromatic carbocycles. The van der Waals surface area contributed by atoms with Crippen molar-refractivity contribution in [2.24, 2.45) is 0 Å². The van der Waals surface area contributed by atoms with Gasteiger partial charge >= 0.3 is 5.69 Å². The van der Waals surface area contributed by atoms with Gasteiger partial charge in [-0.2, -0.15) is 16.3 Å². The van der Waals surface area contributed by atoms with Gasteiger partial charge in [0.2, 0.25) is 11.8 Å². The Morgan fingerprint density at radius 2 is 2.32 bits per heavy atom. The summed E-state index contributed by atoms with van der Waals surface area (Å²) in [4.78, 5) is 18.4. The smallest absolute Gasteiger partial charge is 0.329 e. The molecule has 8 heteroatoms. The van der Waals surface area contributed by atoms with E-state index in [0.717, 1.165) is 5.56 Å². The van der Waals surface area contributed by atoms with Crippen molar-refractivity contribution in [1.82, 2.24) is 9.97 Å². The molecule has 7 nitrogen and oxygen atoms in total. The first-order chi connectivity index (χ1) is 9.11. The van der Waals surface area contributed by atoms with Crippen LogP contribution in [0.5, 0.6) is 0 Å². The van der Waals surface area contributed by atoms with Crippen LogP contribution in [0.4, 0.5) is 17.5 Å². The largest absolute Gasteiger partial charge is 0.358 e. The molecular weight excluding hydrogens is 266 g/mol. The van der Waals surface area contributed by atoms with Crippen molar-refractivity contribution in [2.45, 2.75) is 13.0 Å². The third kappa shape index (κ3) is 2.97. The molecule has 1 unspecified atom stereocenters. The van der Waals surface area contributed by atoms with E-state index in [1.165, 1.54) is 6.20 Å². The van der Waals surface area contributed by atoms with E-state index in [1.807, 2.05) is 23.8 Å². The van der Waals surface area contributed by atoms with Gasteiger partial charge in [0.25, 0.3) is 0 Å². The molecule has 100 valence electrons. The van der Waals surface area contributed by atoms with E-state index >= 15 is 0 Å². The SMILES string of the molecule is CNc1ncc([N+](=O)[O-])c(NC(C)c2ccsc2)n1. The van der Waals surface area contributed by atoms with Crippen LogP contribution in [0.1, 0.15) is 18.5 Å². The predicted octanol–water partition coefficient (Wildman–Crippen LogP) is 2.66. The number of thiophene rings is 1. The number of nitrogens with zero attached hydrogens (tertiary/aromatic N) is 3. The van der Waals surface area contributed by atoms with Crippen LogP contribution in [-0.4, -0.2) is 21.9 Å². The van der Waals surface area contributed by atoms with Gasteiger partial charge in [0.05, 0.1) is 11.0 Å². The lowest BCUT2D eigenvalue weighted by Gasteiger charge is -2.13. The maximum Gasteiger partial charge on any atom is 0.329 e. The number of nitrogens with one attached hydrogen (secondary N) is 2. The summed E-state index contributed by atoms with van der Waals surface area (Å²) in [6, 6.07) is 1.90. The van der Waals surface area contributed by atoms with Gasteiger partial charge in [-0.3, -0.25) is 10.1 Å². The number of hydrogen-bond acceptors (Lipinski definition) is 7. The van der Waals surface area contributed by atoms with E-state index in [2.05, 4.69) is 20.6 Å². The van der Waals surface area contributed by atoms with E-state index in [-0.39, 0.29) is 17.5 Å².